The summed E-state index contributed by atoms with van der Waals surface area (Å²) in [5.74, 6) is -0.703. The highest BCUT2D eigenvalue weighted by atomic mass is 19.1. The normalized spacial score (nSPS) is 19.4. The molecule has 1 fully saturated rings. The first-order chi connectivity index (χ1) is 9.74. The molecule has 2 rings (SSSR count). The zero-order valence-electron chi connectivity index (χ0n) is 12.4. The van der Waals surface area contributed by atoms with Crippen LogP contribution in [0.5, 0.6) is 5.75 Å². The maximum Gasteiger partial charge on any atom is 0.410 e. The van der Waals surface area contributed by atoms with E-state index in [0.717, 1.165) is 6.07 Å². The molecule has 6 heteroatoms. The van der Waals surface area contributed by atoms with Crippen molar-refractivity contribution in [2.75, 3.05) is 19.7 Å². The van der Waals surface area contributed by atoms with E-state index in [0.29, 0.717) is 18.7 Å². The van der Waals surface area contributed by atoms with Crippen molar-refractivity contribution in [3.05, 3.63) is 29.6 Å². The van der Waals surface area contributed by atoms with E-state index in [1.807, 2.05) is 0 Å². The molecule has 1 aliphatic heterocycles. The largest absolute Gasteiger partial charge is 0.508 e. The van der Waals surface area contributed by atoms with Gasteiger partial charge in [0.15, 0.2) is 0 Å². The van der Waals surface area contributed by atoms with Gasteiger partial charge in [-0.2, -0.15) is 0 Å². The van der Waals surface area contributed by atoms with Crippen molar-refractivity contribution >= 4 is 6.09 Å². The van der Waals surface area contributed by atoms with Gasteiger partial charge in [0, 0.05) is 12.6 Å². The molecule has 0 radical (unpaired) electrons. The minimum Gasteiger partial charge on any atom is -0.508 e. The van der Waals surface area contributed by atoms with Gasteiger partial charge in [-0.1, -0.05) is 0 Å². The van der Waals surface area contributed by atoms with Crippen LogP contribution in [0.1, 0.15) is 32.4 Å². The van der Waals surface area contributed by atoms with Gasteiger partial charge in [-0.3, -0.25) is 0 Å². The Balaban J connectivity index is 2.08. The number of aromatic hydroxyl groups is 1. The Morgan fingerprint density at radius 2 is 2.14 bits per heavy atom. The molecule has 0 spiro atoms. The molecule has 1 aromatic carbocycles. The van der Waals surface area contributed by atoms with Gasteiger partial charge in [-0.15, -0.1) is 0 Å². The van der Waals surface area contributed by atoms with Crippen molar-refractivity contribution in [2.24, 2.45) is 0 Å². The van der Waals surface area contributed by atoms with Crippen molar-refractivity contribution < 1.29 is 23.8 Å². The molecule has 1 saturated heterocycles. The van der Waals surface area contributed by atoms with Crippen LogP contribution in [-0.4, -0.2) is 41.4 Å². The smallest absolute Gasteiger partial charge is 0.410 e. The second-order valence-electron chi connectivity index (χ2n) is 6.03. The van der Waals surface area contributed by atoms with Crippen LogP contribution >= 0.6 is 0 Å². The van der Waals surface area contributed by atoms with E-state index in [1.165, 1.54) is 17.0 Å². The summed E-state index contributed by atoms with van der Waals surface area (Å²) in [6, 6.07) is 3.76. The van der Waals surface area contributed by atoms with Crippen LogP contribution in [0.25, 0.3) is 0 Å². The average Bonchev–Trinajstić information content (AvgIpc) is 2.36. The number of amides is 1. The summed E-state index contributed by atoms with van der Waals surface area (Å²) >= 11 is 0. The topological polar surface area (TPSA) is 59.0 Å². The molecule has 0 bridgehead atoms. The summed E-state index contributed by atoms with van der Waals surface area (Å²) in [4.78, 5) is 13.6. The molecule has 1 amide bonds. The summed E-state index contributed by atoms with van der Waals surface area (Å²) in [6.07, 6.45) is -0.899. The van der Waals surface area contributed by atoms with Crippen LogP contribution in [0.15, 0.2) is 18.2 Å². The van der Waals surface area contributed by atoms with Crippen molar-refractivity contribution in [1.82, 2.24) is 4.90 Å². The van der Waals surface area contributed by atoms with Gasteiger partial charge in [0.05, 0.1) is 13.2 Å². The van der Waals surface area contributed by atoms with Gasteiger partial charge < -0.3 is 19.5 Å². The first-order valence-corrected chi connectivity index (χ1v) is 6.83. The Bertz CT molecular complexity index is 507. The fourth-order valence-electron chi connectivity index (χ4n) is 2.13. The Morgan fingerprint density at radius 3 is 2.76 bits per heavy atom. The average molecular weight is 297 g/mol. The molecule has 5 nitrogen and oxygen atoms in total. The van der Waals surface area contributed by atoms with E-state index in [2.05, 4.69) is 0 Å². The lowest BCUT2D eigenvalue weighted by atomic mass is 10.1. The molecule has 0 aromatic heterocycles. The third-order valence-corrected chi connectivity index (χ3v) is 2.99. The van der Waals surface area contributed by atoms with E-state index >= 15 is 0 Å². The van der Waals surface area contributed by atoms with Gasteiger partial charge in [0.1, 0.15) is 23.3 Å². The Morgan fingerprint density at radius 1 is 1.43 bits per heavy atom. The number of nitrogens with zero attached hydrogens (tertiary/aromatic N) is 1. The summed E-state index contributed by atoms with van der Waals surface area (Å²) in [5, 5.41) is 9.45. The summed E-state index contributed by atoms with van der Waals surface area (Å²) < 4.78 is 24.2. The SMILES string of the molecule is CC(C)(C)OC(=O)N1CCO[C@@H](c2cc(O)cc(F)c2)C1. The van der Waals surface area contributed by atoms with Gasteiger partial charge in [0.25, 0.3) is 0 Å². The molecule has 1 N–H and O–H groups in total. The van der Waals surface area contributed by atoms with Crippen LogP contribution in [0, 0.1) is 5.82 Å². The number of benzene rings is 1. The standard InChI is InChI=1S/C15H20FNO4/c1-15(2,3)21-14(19)17-4-5-20-13(9-17)10-6-11(16)8-12(18)7-10/h6-8,13,18H,4-5,9H2,1-3H3/t13-/m1/s1. The van der Waals surface area contributed by atoms with E-state index in [9.17, 15) is 14.3 Å². The molecule has 116 valence electrons. The third kappa shape index (κ3) is 4.32. The Labute approximate surface area is 123 Å². The van der Waals surface area contributed by atoms with E-state index in [1.54, 1.807) is 20.8 Å². The lowest BCUT2D eigenvalue weighted by Crippen LogP contribution is -2.44. The second-order valence-corrected chi connectivity index (χ2v) is 6.03. The summed E-state index contributed by atoms with van der Waals surface area (Å²) in [6.45, 7) is 6.42. The monoisotopic (exact) mass is 297 g/mol. The minimum absolute atomic E-state index is 0.164. The first kappa shape index (κ1) is 15.6. The highest BCUT2D eigenvalue weighted by molar-refractivity contribution is 5.68. The zero-order valence-corrected chi connectivity index (χ0v) is 12.4. The molecule has 1 atom stereocenters. The second kappa shape index (κ2) is 5.89. The fourth-order valence-corrected chi connectivity index (χ4v) is 2.13. The first-order valence-electron chi connectivity index (χ1n) is 6.83. The van der Waals surface area contributed by atoms with Crippen molar-refractivity contribution in [2.45, 2.75) is 32.5 Å². The number of hydrogen-bond acceptors (Lipinski definition) is 4. The number of carbonyl (C=O) groups is 1. The van der Waals surface area contributed by atoms with Gasteiger partial charge in [0.2, 0.25) is 0 Å². The molecule has 0 unspecified atom stereocenters. The van der Waals surface area contributed by atoms with E-state index in [-0.39, 0.29) is 12.3 Å². The third-order valence-electron chi connectivity index (χ3n) is 2.99. The van der Waals surface area contributed by atoms with Crippen LogP contribution in [-0.2, 0) is 9.47 Å². The van der Waals surface area contributed by atoms with Crippen molar-refractivity contribution in [1.29, 1.82) is 0 Å². The quantitative estimate of drug-likeness (QED) is 0.866. The van der Waals surface area contributed by atoms with Crippen LogP contribution < -0.4 is 0 Å². The molecular formula is C15H20FNO4. The predicted molar refractivity (Wildman–Crippen MR) is 74.6 cm³/mol. The fraction of sp³-hybridized carbons (Fsp3) is 0.533. The predicted octanol–water partition coefficient (Wildman–Crippen LogP) is 2.84. The van der Waals surface area contributed by atoms with Gasteiger partial charge in [-0.05, 0) is 38.5 Å². The Hall–Kier alpha value is -1.82. The molecule has 1 heterocycles. The molecule has 1 aromatic rings. The van der Waals surface area contributed by atoms with Crippen LogP contribution in [0.2, 0.25) is 0 Å². The number of ether oxygens (including phenoxy) is 2. The zero-order chi connectivity index (χ0) is 15.6. The number of rotatable bonds is 1. The minimum atomic E-state index is -0.567. The summed E-state index contributed by atoms with van der Waals surface area (Å²) in [7, 11) is 0. The van der Waals surface area contributed by atoms with Gasteiger partial charge >= 0.3 is 6.09 Å². The van der Waals surface area contributed by atoms with E-state index in [4.69, 9.17) is 9.47 Å². The number of phenolic OH excluding ortho intramolecular Hbond substituents is 1. The lowest BCUT2D eigenvalue weighted by Gasteiger charge is -2.34. The maximum absolute atomic E-state index is 13.3. The molecular weight excluding hydrogens is 277 g/mol. The number of halogens is 1. The molecule has 1 aliphatic rings. The Kier molecular flexibility index (Phi) is 4.37. The molecule has 21 heavy (non-hydrogen) atoms. The summed E-state index contributed by atoms with van der Waals surface area (Å²) in [5.41, 5.74) is -0.0668. The number of phenols is 1. The number of hydrogen-bond donors (Lipinski definition) is 1. The highest BCUT2D eigenvalue weighted by Crippen LogP contribution is 2.27. The van der Waals surface area contributed by atoms with Gasteiger partial charge in [-0.25, -0.2) is 9.18 Å². The van der Waals surface area contributed by atoms with Crippen LogP contribution in [0.3, 0.4) is 0 Å². The van der Waals surface area contributed by atoms with Crippen LogP contribution in [0.4, 0.5) is 9.18 Å². The number of carbonyl (C=O) groups excluding carboxylic acids is 1. The maximum atomic E-state index is 13.3. The van der Waals surface area contributed by atoms with E-state index < -0.39 is 23.6 Å². The lowest BCUT2D eigenvalue weighted by molar-refractivity contribution is -0.0434. The molecule has 0 aliphatic carbocycles. The molecule has 0 saturated carbocycles. The van der Waals surface area contributed by atoms with Crippen molar-refractivity contribution in [3.63, 3.8) is 0 Å². The highest BCUT2D eigenvalue weighted by Gasteiger charge is 2.29. The number of morpholine rings is 1. The van der Waals surface area contributed by atoms with Crippen molar-refractivity contribution in [3.8, 4) is 5.75 Å².